The molecule has 0 bridgehead atoms. The number of nitrogens with one attached hydrogen (secondary N) is 1. The van der Waals surface area contributed by atoms with Crippen LogP contribution in [0.3, 0.4) is 0 Å². The highest BCUT2D eigenvalue weighted by atomic mass is 15.0. The summed E-state index contributed by atoms with van der Waals surface area (Å²) in [6, 6.07) is 4.04. The van der Waals surface area contributed by atoms with Gasteiger partial charge in [-0.15, -0.1) is 0 Å². The van der Waals surface area contributed by atoms with E-state index in [1.54, 1.807) is 6.33 Å². The SMILES string of the molecule is CCNc1ncnc(-c2ccnc(C)c2)c1CC. The lowest BCUT2D eigenvalue weighted by Crippen LogP contribution is -2.05. The summed E-state index contributed by atoms with van der Waals surface area (Å²) in [5, 5.41) is 3.29. The Morgan fingerprint density at radius 2 is 2.00 bits per heavy atom. The van der Waals surface area contributed by atoms with E-state index in [9.17, 15) is 0 Å². The zero-order chi connectivity index (χ0) is 13.0. The molecule has 1 N–H and O–H groups in total. The zero-order valence-corrected chi connectivity index (χ0v) is 11.1. The number of aryl methyl sites for hydroxylation is 1. The van der Waals surface area contributed by atoms with Gasteiger partial charge in [0.2, 0.25) is 0 Å². The van der Waals surface area contributed by atoms with E-state index in [1.807, 2.05) is 19.2 Å². The van der Waals surface area contributed by atoms with Gasteiger partial charge in [-0.25, -0.2) is 9.97 Å². The summed E-state index contributed by atoms with van der Waals surface area (Å²) in [6.45, 7) is 7.04. The number of hydrogen-bond donors (Lipinski definition) is 1. The van der Waals surface area contributed by atoms with E-state index in [0.29, 0.717) is 0 Å². The summed E-state index contributed by atoms with van der Waals surface area (Å²) < 4.78 is 0. The van der Waals surface area contributed by atoms with Crippen LogP contribution in [0.4, 0.5) is 5.82 Å². The van der Waals surface area contributed by atoms with Gasteiger partial charge in [-0.1, -0.05) is 6.92 Å². The van der Waals surface area contributed by atoms with Crippen LogP contribution in [0.1, 0.15) is 25.1 Å². The van der Waals surface area contributed by atoms with Crippen LogP contribution in [0.15, 0.2) is 24.7 Å². The lowest BCUT2D eigenvalue weighted by Gasteiger charge is -2.12. The van der Waals surface area contributed by atoms with Gasteiger partial charge in [0.25, 0.3) is 0 Å². The second-order valence-corrected chi connectivity index (χ2v) is 4.12. The van der Waals surface area contributed by atoms with E-state index in [0.717, 1.165) is 41.3 Å². The van der Waals surface area contributed by atoms with Crippen LogP contribution in [0.2, 0.25) is 0 Å². The van der Waals surface area contributed by atoms with E-state index in [4.69, 9.17) is 0 Å². The fourth-order valence-corrected chi connectivity index (χ4v) is 2.01. The molecule has 0 spiro atoms. The lowest BCUT2D eigenvalue weighted by atomic mass is 10.0. The molecular weight excluding hydrogens is 224 g/mol. The van der Waals surface area contributed by atoms with Crippen molar-refractivity contribution in [1.29, 1.82) is 0 Å². The highest BCUT2D eigenvalue weighted by Gasteiger charge is 2.11. The van der Waals surface area contributed by atoms with Crippen molar-refractivity contribution < 1.29 is 0 Å². The molecule has 2 aromatic rings. The summed E-state index contributed by atoms with van der Waals surface area (Å²) in [6.07, 6.45) is 4.33. The quantitative estimate of drug-likeness (QED) is 0.895. The molecule has 0 saturated carbocycles. The summed E-state index contributed by atoms with van der Waals surface area (Å²) in [5.74, 6) is 0.930. The van der Waals surface area contributed by atoms with Gasteiger partial charge in [-0.2, -0.15) is 0 Å². The summed E-state index contributed by atoms with van der Waals surface area (Å²) >= 11 is 0. The molecule has 4 heteroatoms. The van der Waals surface area contributed by atoms with Crippen molar-refractivity contribution in [3.8, 4) is 11.3 Å². The summed E-state index contributed by atoms with van der Waals surface area (Å²) in [7, 11) is 0. The van der Waals surface area contributed by atoms with Crippen LogP contribution in [0.5, 0.6) is 0 Å². The van der Waals surface area contributed by atoms with Crippen molar-refractivity contribution in [3.63, 3.8) is 0 Å². The summed E-state index contributed by atoms with van der Waals surface area (Å²) in [5.41, 5.74) is 4.25. The van der Waals surface area contributed by atoms with Crippen molar-refractivity contribution >= 4 is 5.82 Å². The van der Waals surface area contributed by atoms with E-state index >= 15 is 0 Å². The minimum absolute atomic E-state index is 0.860. The van der Waals surface area contributed by atoms with Crippen LogP contribution in [-0.4, -0.2) is 21.5 Å². The normalized spacial score (nSPS) is 10.4. The molecule has 0 aliphatic carbocycles. The third-order valence-corrected chi connectivity index (χ3v) is 2.81. The van der Waals surface area contributed by atoms with E-state index in [2.05, 4.69) is 40.2 Å². The van der Waals surface area contributed by atoms with Crippen molar-refractivity contribution in [3.05, 3.63) is 35.9 Å². The number of hydrogen-bond acceptors (Lipinski definition) is 4. The molecule has 0 atom stereocenters. The van der Waals surface area contributed by atoms with Gasteiger partial charge < -0.3 is 5.32 Å². The molecule has 0 aliphatic heterocycles. The topological polar surface area (TPSA) is 50.7 Å². The molecule has 2 aromatic heterocycles. The first kappa shape index (κ1) is 12.5. The third-order valence-electron chi connectivity index (χ3n) is 2.81. The smallest absolute Gasteiger partial charge is 0.133 e. The molecule has 2 heterocycles. The van der Waals surface area contributed by atoms with E-state index in [1.165, 1.54) is 0 Å². The van der Waals surface area contributed by atoms with Gasteiger partial charge in [-0.05, 0) is 32.4 Å². The maximum absolute atomic E-state index is 4.42. The Hall–Kier alpha value is -1.97. The number of pyridine rings is 1. The van der Waals surface area contributed by atoms with Crippen LogP contribution in [0, 0.1) is 6.92 Å². The Morgan fingerprint density at radius 3 is 2.67 bits per heavy atom. The van der Waals surface area contributed by atoms with Crippen molar-refractivity contribution in [1.82, 2.24) is 15.0 Å². The van der Waals surface area contributed by atoms with E-state index in [-0.39, 0.29) is 0 Å². The largest absolute Gasteiger partial charge is 0.370 e. The van der Waals surface area contributed by atoms with Crippen LogP contribution in [-0.2, 0) is 6.42 Å². The molecule has 0 fully saturated rings. The molecular formula is C14H18N4. The molecule has 0 aliphatic rings. The summed E-state index contributed by atoms with van der Waals surface area (Å²) in [4.78, 5) is 13.0. The maximum atomic E-state index is 4.42. The van der Waals surface area contributed by atoms with Crippen LogP contribution < -0.4 is 5.32 Å². The molecule has 2 rings (SSSR count). The monoisotopic (exact) mass is 242 g/mol. The molecule has 0 amide bonds. The third kappa shape index (κ3) is 2.47. The van der Waals surface area contributed by atoms with Crippen LogP contribution in [0.25, 0.3) is 11.3 Å². The molecule has 18 heavy (non-hydrogen) atoms. The molecule has 0 aromatic carbocycles. The fraction of sp³-hybridized carbons (Fsp3) is 0.357. The molecule has 0 radical (unpaired) electrons. The average Bonchev–Trinajstić information content (AvgIpc) is 2.39. The Bertz CT molecular complexity index is 537. The van der Waals surface area contributed by atoms with Gasteiger partial charge in [-0.3, -0.25) is 4.98 Å². The minimum Gasteiger partial charge on any atom is -0.370 e. The highest BCUT2D eigenvalue weighted by molar-refractivity contribution is 5.68. The van der Waals surface area contributed by atoms with Crippen molar-refractivity contribution in [2.75, 3.05) is 11.9 Å². The predicted molar refractivity (Wildman–Crippen MR) is 73.5 cm³/mol. The van der Waals surface area contributed by atoms with Gasteiger partial charge in [0, 0.05) is 29.6 Å². The number of anilines is 1. The van der Waals surface area contributed by atoms with E-state index < -0.39 is 0 Å². The van der Waals surface area contributed by atoms with Gasteiger partial charge in [0.1, 0.15) is 12.1 Å². The first-order chi connectivity index (χ1) is 8.76. The minimum atomic E-state index is 0.860. The molecule has 0 saturated heterocycles. The maximum Gasteiger partial charge on any atom is 0.133 e. The second-order valence-electron chi connectivity index (χ2n) is 4.12. The Labute approximate surface area is 108 Å². The number of nitrogens with zero attached hydrogens (tertiary/aromatic N) is 3. The zero-order valence-electron chi connectivity index (χ0n) is 11.1. The number of aromatic nitrogens is 3. The van der Waals surface area contributed by atoms with Crippen LogP contribution >= 0.6 is 0 Å². The standard InChI is InChI=1S/C14H18N4/c1-4-12-13(11-6-7-16-10(3)8-11)17-9-18-14(12)15-5-2/h6-9H,4-5H2,1-3H3,(H,15,17,18). The Kier molecular flexibility index (Phi) is 3.87. The first-order valence-electron chi connectivity index (χ1n) is 6.27. The Morgan fingerprint density at radius 1 is 1.17 bits per heavy atom. The average molecular weight is 242 g/mol. The predicted octanol–water partition coefficient (Wildman–Crippen LogP) is 2.84. The second kappa shape index (κ2) is 5.58. The molecule has 4 nitrogen and oxygen atoms in total. The lowest BCUT2D eigenvalue weighted by molar-refractivity contribution is 1.03. The molecule has 0 unspecified atom stereocenters. The first-order valence-corrected chi connectivity index (χ1v) is 6.27. The van der Waals surface area contributed by atoms with Gasteiger partial charge in [0.05, 0.1) is 5.69 Å². The Balaban J connectivity index is 2.53. The van der Waals surface area contributed by atoms with Crippen molar-refractivity contribution in [2.24, 2.45) is 0 Å². The molecule has 94 valence electrons. The van der Waals surface area contributed by atoms with Crippen molar-refractivity contribution in [2.45, 2.75) is 27.2 Å². The van der Waals surface area contributed by atoms with Gasteiger partial charge >= 0.3 is 0 Å². The number of rotatable bonds is 4. The van der Waals surface area contributed by atoms with Gasteiger partial charge in [0.15, 0.2) is 0 Å². The highest BCUT2D eigenvalue weighted by Crippen LogP contribution is 2.26. The fourth-order valence-electron chi connectivity index (χ4n) is 2.01.